The molecule has 1 fully saturated rings. The van der Waals surface area contributed by atoms with Crippen molar-refractivity contribution in [1.82, 2.24) is 14.9 Å². The Balaban J connectivity index is 1.21. The maximum Gasteiger partial charge on any atom is 0.411 e. The van der Waals surface area contributed by atoms with Crippen LogP contribution < -0.4 is 10.2 Å². The van der Waals surface area contributed by atoms with Gasteiger partial charge in [-0.25, -0.2) is 14.8 Å². The fraction of sp³-hybridized carbons (Fsp3) is 0.261. The van der Waals surface area contributed by atoms with Gasteiger partial charge in [0.2, 0.25) is 5.95 Å². The number of rotatable bonds is 6. The standard InChI is InChI=1S/C23H24ClN5O2/c24-20-6-2-19(3-7-20)17-31-23(30)27-21-8-4-18(5-9-21)16-28-12-14-29(15-13-28)22-25-10-1-11-26-22/h1-11H,12-17H2,(H,27,30). The molecule has 0 atom stereocenters. The molecule has 8 heteroatoms. The fourth-order valence-corrected chi connectivity index (χ4v) is 3.52. The van der Waals surface area contributed by atoms with Gasteiger partial charge in [0.05, 0.1) is 0 Å². The summed E-state index contributed by atoms with van der Waals surface area (Å²) >= 11 is 5.86. The predicted octanol–water partition coefficient (Wildman–Crippen LogP) is 4.20. The van der Waals surface area contributed by atoms with Gasteiger partial charge in [-0.1, -0.05) is 35.9 Å². The zero-order valence-electron chi connectivity index (χ0n) is 17.1. The van der Waals surface area contributed by atoms with Gasteiger partial charge in [0, 0.05) is 55.8 Å². The van der Waals surface area contributed by atoms with Crippen LogP contribution in [0.15, 0.2) is 67.0 Å². The largest absolute Gasteiger partial charge is 0.444 e. The monoisotopic (exact) mass is 437 g/mol. The molecule has 2 aromatic carbocycles. The number of carbonyl (C=O) groups excluding carboxylic acids is 1. The molecule has 0 spiro atoms. The molecular formula is C23H24ClN5O2. The van der Waals surface area contributed by atoms with Crippen LogP contribution in [0.25, 0.3) is 0 Å². The highest BCUT2D eigenvalue weighted by Gasteiger charge is 2.18. The minimum absolute atomic E-state index is 0.196. The average Bonchev–Trinajstić information content (AvgIpc) is 2.81. The molecule has 4 rings (SSSR count). The number of nitrogens with one attached hydrogen (secondary N) is 1. The van der Waals surface area contributed by atoms with E-state index in [-0.39, 0.29) is 6.61 Å². The summed E-state index contributed by atoms with van der Waals surface area (Å²) in [6.45, 7) is 4.78. The summed E-state index contributed by atoms with van der Waals surface area (Å²) in [7, 11) is 0. The first-order valence-electron chi connectivity index (χ1n) is 10.2. The second-order valence-electron chi connectivity index (χ2n) is 7.34. The van der Waals surface area contributed by atoms with Crippen LogP contribution in [0.2, 0.25) is 5.02 Å². The summed E-state index contributed by atoms with van der Waals surface area (Å²) in [4.78, 5) is 25.3. The van der Waals surface area contributed by atoms with E-state index in [2.05, 4.69) is 25.1 Å². The molecular weight excluding hydrogens is 414 g/mol. The Bertz CT molecular complexity index is 975. The number of hydrogen-bond donors (Lipinski definition) is 1. The Labute approximate surface area is 186 Å². The smallest absolute Gasteiger partial charge is 0.411 e. The number of carbonyl (C=O) groups is 1. The van der Waals surface area contributed by atoms with Gasteiger partial charge in [-0.2, -0.15) is 0 Å². The molecule has 0 unspecified atom stereocenters. The van der Waals surface area contributed by atoms with Gasteiger partial charge in [-0.3, -0.25) is 10.2 Å². The minimum Gasteiger partial charge on any atom is -0.444 e. The second kappa shape index (κ2) is 10.2. The molecule has 0 aliphatic carbocycles. The molecule has 1 saturated heterocycles. The summed E-state index contributed by atoms with van der Waals surface area (Å²) < 4.78 is 5.25. The van der Waals surface area contributed by atoms with Gasteiger partial charge in [0.25, 0.3) is 0 Å². The number of hydrogen-bond acceptors (Lipinski definition) is 6. The third kappa shape index (κ3) is 6.16. The van der Waals surface area contributed by atoms with Crippen LogP contribution in [-0.2, 0) is 17.9 Å². The van der Waals surface area contributed by atoms with E-state index in [1.54, 1.807) is 24.5 Å². The first-order valence-corrected chi connectivity index (χ1v) is 10.5. The highest BCUT2D eigenvalue weighted by atomic mass is 35.5. The molecule has 1 amide bonds. The van der Waals surface area contributed by atoms with Crippen LogP contribution in [-0.4, -0.2) is 47.1 Å². The predicted molar refractivity (Wildman–Crippen MR) is 121 cm³/mol. The SMILES string of the molecule is O=C(Nc1ccc(CN2CCN(c3ncccn3)CC2)cc1)OCc1ccc(Cl)cc1. The van der Waals surface area contributed by atoms with E-state index in [4.69, 9.17) is 16.3 Å². The number of benzene rings is 2. The van der Waals surface area contributed by atoms with Crippen molar-refractivity contribution in [2.24, 2.45) is 0 Å². The lowest BCUT2D eigenvalue weighted by Gasteiger charge is -2.34. The van der Waals surface area contributed by atoms with Crippen molar-refractivity contribution >= 4 is 29.3 Å². The Morgan fingerprint density at radius 2 is 1.58 bits per heavy atom. The van der Waals surface area contributed by atoms with Crippen molar-refractivity contribution in [3.63, 3.8) is 0 Å². The highest BCUT2D eigenvalue weighted by molar-refractivity contribution is 6.30. The molecule has 31 heavy (non-hydrogen) atoms. The van der Waals surface area contributed by atoms with Crippen LogP contribution in [0.3, 0.4) is 0 Å². The van der Waals surface area contributed by atoms with Gasteiger partial charge in [-0.15, -0.1) is 0 Å². The molecule has 1 N–H and O–H groups in total. The van der Waals surface area contributed by atoms with Crippen molar-refractivity contribution in [2.75, 3.05) is 36.4 Å². The number of halogens is 1. The maximum atomic E-state index is 12.0. The Morgan fingerprint density at radius 3 is 2.26 bits per heavy atom. The molecule has 0 bridgehead atoms. The van der Waals surface area contributed by atoms with Gasteiger partial charge >= 0.3 is 6.09 Å². The van der Waals surface area contributed by atoms with E-state index in [9.17, 15) is 4.79 Å². The van der Waals surface area contributed by atoms with Crippen molar-refractivity contribution < 1.29 is 9.53 Å². The summed E-state index contributed by atoms with van der Waals surface area (Å²) in [5.41, 5.74) is 2.79. The topological polar surface area (TPSA) is 70.6 Å². The second-order valence-corrected chi connectivity index (χ2v) is 7.77. The van der Waals surface area contributed by atoms with E-state index >= 15 is 0 Å². The van der Waals surface area contributed by atoms with E-state index in [0.29, 0.717) is 10.7 Å². The molecule has 2 heterocycles. The van der Waals surface area contributed by atoms with Crippen molar-refractivity contribution in [3.05, 3.63) is 83.1 Å². The Morgan fingerprint density at radius 1 is 0.935 bits per heavy atom. The van der Waals surface area contributed by atoms with Crippen LogP contribution in [0, 0.1) is 0 Å². The zero-order chi connectivity index (χ0) is 21.5. The third-order valence-corrected chi connectivity index (χ3v) is 5.35. The van der Waals surface area contributed by atoms with Crippen molar-refractivity contribution in [2.45, 2.75) is 13.2 Å². The Kier molecular flexibility index (Phi) is 6.96. The number of piperazine rings is 1. The quantitative estimate of drug-likeness (QED) is 0.623. The van der Waals surface area contributed by atoms with Crippen molar-refractivity contribution in [3.8, 4) is 0 Å². The summed E-state index contributed by atoms with van der Waals surface area (Å²) in [5.74, 6) is 0.792. The molecule has 7 nitrogen and oxygen atoms in total. The maximum absolute atomic E-state index is 12.0. The molecule has 0 radical (unpaired) electrons. The van der Waals surface area contributed by atoms with Crippen LogP contribution >= 0.6 is 11.6 Å². The van der Waals surface area contributed by atoms with Crippen LogP contribution in [0.5, 0.6) is 0 Å². The lowest BCUT2D eigenvalue weighted by Crippen LogP contribution is -2.46. The van der Waals surface area contributed by atoms with E-state index in [1.807, 2.05) is 42.5 Å². The number of ether oxygens (including phenoxy) is 1. The third-order valence-electron chi connectivity index (χ3n) is 5.10. The Hall–Kier alpha value is -3.16. The van der Waals surface area contributed by atoms with Gasteiger partial charge in [0.15, 0.2) is 0 Å². The number of aromatic nitrogens is 2. The van der Waals surface area contributed by atoms with Crippen molar-refractivity contribution in [1.29, 1.82) is 0 Å². The molecule has 1 aromatic heterocycles. The van der Waals surface area contributed by atoms with Crippen LogP contribution in [0.1, 0.15) is 11.1 Å². The molecule has 0 saturated carbocycles. The molecule has 160 valence electrons. The normalized spacial score (nSPS) is 14.3. The lowest BCUT2D eigenvalue weighted by atomic mass is 10.2. The van der Waals surface area contributed by atoms with Gasteiger partial charge < -0.3 is 9.64 Å². The van der Waals surface area contributed by atoms with E-state index in [0.717, 1.165) is 44.2 Å². The highest BCUT2D eigenvalue weighted by Crippen LogP contribution is 2.16. The first-order chi connectivity index (χ1) is 15.2. The number of amides is 1. The number of anilines is 2. The summed E-state index contributed by atoms with van der Waals surface area (Å²) in [5, 5.41) is 3.41. The summed E-state index contributed by atoms with van der Waals surface area (Å²) in [6.07, 6.45) is 3.07. The van der Waals surface area contributed by atoms with Gasteiger partial charge in [-0.05, 0) is 41.5 Å². The van der Waals surface area contributed by atoms with E-state index in [1.165, 1.54) is 5.56 Å². The van der Waals surface area contributed by atoms with E-state index < -0.39 is 6.09 Å². The zero-order valence-corrected chi connectivity index (χ0v) is 17.8. The lowest BCUT2D eigenvalue weighted by molar-refractivity contribution is 0.155. The minimum atomic E-state index is -0.484. The molecule has 1 aliphatic rings. The summed E-state index contributed by atoms with van der Waals surface area (Å²) in [6, 6.07) is 16.9. The van der Waals surface area contributed by atoms with Crippen LogP contribution in [0.4, 0.5) is 16.4 Å². The fourth-order valence-electron chi connectivity index (χ4n) is 3.40. The average molecular weight is 438 g/mol. The first kappa shape index (κ1) is 21.1. The molecule has 3 aromatic rings. The number of nitrogens with zero attached hydrogens (tertiary/aromatic N) is 4. The van der Waals surface area contributed by atoms with Gasteiger partial charge in [0.1, 0.15) is 6.61 Å². The molecule has 1 aliphatic heterocycles.